The van der Waals surface area contributed by atoms with Crippen molar-refractivity contribution in [2.24, 2.45) is 11.3 Å². The predicted octanol–water partition coefficient (Wildman–Crippen LogP) is 6.50. The Morgan fingerprint density at radius 1 is 1.21 bits per heavy atom. The zero-order valence-electron chi connectivity index (χ0n) is 23.6. The summed E-state index contributed by atoms with van der Waals surface area (Å²) in [5, 5.41) is 2.73. The van der Waals surface area contributed by atoms with E-state index >= 15 is 0 Å². The molecule has 0 aromatic heterocycles. The number of halogens is 3. The van der Waals surface area contributed by atoms with Gasteiger partial charge in [-0.3, -0.25) is 10.1 Å². The fourth-order valence-corrected chi connectivity index (χ4v) is 7.04. The second kappa shape index (κ2) is 9.98. The molecule has 2 spiro atoms. The van der Waals surface area contributed by atoms with Gasteiger partial charge in [-0.15, -0.1) is 0 Å². The summed E-state index contributed by atoms with van der Waals surface area (Å²) in [6, 6.07) is 4.74. The van der Waals surface area contributed by atoms with Crippen LogP contribution in [0.1, 0.15) is 76.5 Å². The molecular formula is C30H39F3N2O4. The lowest BCUT2D eigenvalue weighted by atomic mass is 9.50. The number of allylic oxidation sites excluding steroid dienone is 2. The summed E-state index contributed by atoms with van der Waals surface area (Å²) in [7, 11) is 3.28. The Hall–Kier alpha value is -2.81. The van der Waals surface area contributed by atoms with Gasteiger partial charge in [-0.1, -0.05) is 25.6 Å². The molecule has 1 fully saturated rings. The number of carbonyl (C=O) groups excluding carboxylic acids is 2. The first-order valence-electron chi connectivity index (χ1n) is 13.5. The van der Waals surface area contributed by atoms with Crippen LogP contribution in [0.15, 0.2) is 36.7 Å². The Morgan fingerprint density at radius 2 is 1.85 bits per heavy atom. The van der Waals surface area contributed by atoms with Gasteiger partial charge in [0.15, 0.2) is 0 Å². The van der Waals surface area contributed by atoms with Crippen molar-refractivity contribution in [2.45, 2.75) is 89.5 Å². The van der Waals surface area contributed by atoms with Crippen LogP contribution in [0.2, 0.25) is 0 Å². The van der Waals surface area contributed by atoms with E-state index in [2.05, 4.69) is 11.9 Å². The summed E-state index contributed by atoms with van der Waals surface area (Å²) < 4.78 is 52.1. The summed E-state index contributed by atoms with van der Waals surface area (Å²) in [5.74, 6) is -0.273. The van der Waals surface area contributed by atoms with Crippen LogP contribution >= 0.6 is 0 Å². The first-order valence-corrected chi connectivity index (χ1v) is 13.5. The van der Waals surface area contributed by atoms with Crippen molar-refractivity contribution in [3.05, 3.63) is 53.4 Å². The summed E-state index contributed by atoms with van der Waals surface area (Å²) in [5.41, 5.74) is -1.75. The van der Waals surface area contributed by atoms with Gasteiger partial charge in [-0.25, -0.2) is 4.79 Å². The number of nitrogens with one attached hydrogen (secondary N) is 1. The van der Waals surface area contributed by atoms with E-state index in [0.717, 1.165) is 18.4 Å². The number of nitrogens with zero attached hydrogens (tertiary/aromatic N) is 1. The molecule has 2 aliphatic carbocycles. The topological polar surface area (TPSA) is 67.9 Å². The SMILES string of the molecule is C=C(c1ccc2c(c1)C1(C(=O)N(C)C(NC(=O)OC(C)(C)C)=CC1CC)C1(CCC(OC)CC1)C2)C(F)(F)F. The number of methoxy groups -OCH3 is 1. The minimum atomic E-state index is -4.59. The molecule has 39 heavy (non-hydrogen) atoms. The maximum atomic E-state index is 14.7. The van der Waals surface area contributed by atoms with Crippen LogP contribution in [0.25, 0.3) is 5.57 Å². The second-order valence-electron chi connectivity index (χ2n) is 12.1. The number of amides is 2. The first-order chi connectivity index (χ1) is 18.1. The summed E-state index contributed by atoms with van der Waals surface area (Å²) in [6.45, 7) is 10.5. The molecule has 9 heteroatoms. The van der Waals surface area contributed by atoms with Gasteiger partial charge in [0.2, 0.25) is 5.91 Å². The average molecular weight is 549 g/mol. The molecule has 1 N–H and O–H groups in total. The third-order valence-corrected chi connectivity index (χ3v) is 8.80. The van der Waals surface area contributed by atoms with Crippen LogP contribution in [0.3, 0.4) is 0 Å². The van der Waals surface area contributed by atoms with Crippen LogP contribution in [0.5, 0.6) is 0 Å². The molecule has 2 unspecified atom stereocenters. The average Bonchev–Trinajstić information content (AvgIpc) is 3.12. The normalized spacial score (nSPS) is 28.9. The van der Waals surface area contributed by atoms with E-state index < -0.39 is 34.3 Å². The van der Waals surface area contributed by atoms with Gasteiger partial charge in [0.05, 0.1) is 17.1 Å². The lowest BCUT2D eigenvalue weighted by Crippen LogP contribution is -2.62. The highest BCUT2D eigenvalue weighted by molar-refractivity contribution is 5.95. The number of hydrogen-bond donors (Lipinski definition) is 1. The lowest BCUT2D eigenvalue weighted by Gasteiger charge is -2.55. The number of alkyl carbamates (subject to hydrolysis) is 1. The molecule has 0 bridgehead atoms. The smallest absolute Gasteiger partial charge is 0.416 e. The summed E-state index contributed by atoms with van der Waals surface area (Å²) in [4.78, 5) is 28.7. The standard InChI is InChI=1S/C30H39F3N2O4/c1-8-21-16-24(34-26(37)39-27(3,4)5)35(6)25(36)29(21)23-15-19(18(2)30(31,32)33)9-10-20(23)17-28(29)13-11-22(38-7)12-14-28/h9-10,15-16,21-22H,2,8,11-14,17H2,1,3-7H3,(H,34,37). The van der Waals surface area contributed by atoms with Crippen LogP contribution in [-0.2, 0) is 26.1 Å². The van der Waals surface area contributed by atoms with Crippen LogP contribution in [0.4, 0.5) is 18.0 Å². The van der Waals surface area contributed by atoms with Crippen LogP contribution in [-0.4, -0.2) is 48.9 Å². The third-order valence-electron chi connectivity index (χ3n) is 8.80. The summed E-state index contributed by atoms with van der Waals surface area (Å²) >= 11 is 0. The minimum Gasteiger partial charge on any atom is -0.444 e. The Bertz CT molecular complexity index is 1190. The van der Waals surface area contributed by atoms with Gasteiger partial charge in [0.25, 0.3) is 0 Å². The van der Waals surface area contributed by atoms with E-state index in [4.69, 9.17) is 9.47 Å². The fraction of sp³-hybridized carbons (Fsp3) is 0.600. The highest BCUT2D eigenvalue weighted by atomic mass is 19.4. The number of benzene rings is 1. The quantitative estimate of drug-likeness (QED) is 0.467. The molecule has 1 aromatic carbocycles. The number of likely N-dealkylation sites (N-methyl/N-ethyl adjacent to an activating group) is 1. The Morgan fingerprint density at radius 3 is 2.38 bits per heavy atom. The molecule has 4 rings (SSSR count). The third kappa shape index (κ3) is 4.87. The van der Waals surface area contributed by atoms with E-state index in [1.807, 2.05) is 13.0 Å². The molecule has 6 nitrogen and oxygen atoms in total. The van der Waals surface area contributed by atoms with Crippen molar-refractivity contribution in [3.8, 4) is 0 Å². The van der Waals surface area contributed by atoms with Crippen molar-refractivity contribution in [2.75, 3.05) is 14.2 Å². The Kier molecular flexibility index (Phi) is 7.47. The Labute approximate surface area is 228 Å². The van der Waals surface area contributed by atoms with Crippen molar-refractivity contribution in [1.29, 1.82) is 0 Å². The maximum absolute atomic E-state index is 14.7. The molecule has 1 aromatic rings. The van der Waals surface area contributed by atoms with E-state index in [1.54, 1.807) is 41.0 Å². The Balaban J connectivity index is 1.88. The highest BCUT2D eigenvalue weighted by Gasteiger charge is 2.67. The van der Waals surface area contributed by atoms with Gasteiger partial charge >= 0.3 is 12.3 Å². The number of carbonyl (C=O) groups is 2. The second-order valence-corrected chi connectivity index (χ2v) is 12.1. The predicted molar refractivity (Wildman–Crippen MR) is 143 cm³/mol. The number of alkyl halides is 3. The van der Waals surface area contributed by atoms with Gasteiger partial charge in [-0.2, -0.15) is 13.2 Å². The largest absolute Gasteiger partial charge is 0.444 e. The van der Waals surface area contributed by atoms with Crippen LogP contribution in [0, 0.1) is 11.3 Å². The van der Waals surface area contributed by atoms with Gasteiger partial charge < -0.3 is 14.4 Å². The maximum Gasteiger partial charge on any atom is 0.416 e. The van der Waals surface area contributed by atoms with Gasteiger partial charge in [0.1, 0.15) is 11.4 Å². The van der Waals surface area contributed by atoms with E-state index in [-0.39, 0.29) is 23.5 Å². The fourth-order valence-electron chi connectivity index (χ4n) is 7.04. The molecule has 214 valence electrons. The van der Waals surface area contributed by atoms with Crippen molar-refractivity contribution in [1.82, 2.24) is 10.2 Å². The monoisotopic (exact) mass is 548 g/mol. The molecular weight excluding hydrogens is 509 g/mol. The molecule has 1 saturated carbocycles. The zero-order chi connectivity index (χ0) is 29.0. The number of fused-ring (bicyclic) bond motifs is 3. The number of hydrogen-bond acceptors (Lipinski definition) is 4. The summed E-state index contributed by atoms with van der Waals surface area (Å²) in [6.07, 6.45) is 0.769. The molecule has 1 heterocycles. The first kappa shape index (κ1) is 29.2. The zero-order valence-corrected chi connectivity index (χ0v) is 23.6. The van der Waals surface area contributed by atoms with Crippen LogP contribution < -0.4 is 5.32 Å². The minimum absolute atomic E-state index is 0.0322. The van der Waals surface area contributed by atoms with Gasteiger partial charge in [0, 0.05) is 14.2 Å². The van der Waals surface area contributed by atoms with E-state index in [1.165, 1.54) is 17.0 Å². The van der Waals surface area contributed by atoms with E-state index in [9.17, 15) is 22.8 Å². The number of ether oxygens (including phenoxy) is 2. The molecule has 0 radical (unpaired) electrons. The van der Waals surface area contributed by atoms with Crippen molar-refractivity contribution in [3.63, 3.8) is 0 Å². The lowest BCUT2D eigenvalue weighted by molar-refractivity contribution is -0.147. The molecule has 1 aliphatic heterocycles. The molecule has 3 aliphatic rings. The highest BCUT2D eigenvalue weighted by Crippen LogP contribution is 2.65. The van der Waals surface area contributed by atoms with E-state index in [0.29, 0.717) is 37.1 Å². The van der Waals surface area contributed by atoms with Gasteiger partial charge in [-0.05, 0) is 99.5 Å². The molecule has 2 amide bonds. The number of rotatable bonds is 4. The van der Waals surface area contributed by atoms with Crippen molar-refractivity contribution < 1.29 is 32.2 Å². The molecule has 0 saturated heterocycles. The van der Waals surface area contributed by atoms with Crippen molar-refractivity contribution >= 4 is 17.6 Å². The molecule has 2 atom stereocenters.